The van der Waals surface area contributed by atoms with Gasteiger partial charge in [-0.15, -0.1) is 0 Å². The molecule has 2 aromatic carbocycles. The van der Waals surface area contributed by atoms with E-state index < -0.39 is 6.10 Å². The number of rotatable bonds is 3. The standard InChI is InChI=1S/C16H15NO2/c18-16(17-11-12-6-2-1-3-7-12)15-10-13-8-4-5-9-14(13)19-15/h1-9,15H,10-11H2,(H,17,18). The highest BCUT2D eigenvalue weighted by Gasteiger charge is 2.28. The van der Waals surface area contributed by atoms with Gasteiger partial charge in [0.15, 0.2) is 6.10 Å². The summed E-state index contributed by atoms with van der Waals surface area (Å²) in [6.45, 7) is 0.538. The molecule has 1 aliphatic rings. The molecule has 19 heavy (non-hydrogen) atoms. The zero-order chi connectivity index (χ0) is 13.1. The van der Waals surface area contributed by atoms with Crippen LogP contribution in [0.5, 0.6) is 5.75 Å². The van der Waals surface area contributed by atoms with E-state index in [0.29, 0.717) is 13.0 Å². The minimum atomic E-state index is -0.402. The van der Waals surface area contributed by atoms with Gasteiger partial charge in [-0.2, -0.15) is 0 Å². The number of para-hydroxylation sites is 1. The van der Waals surface area contributed by atoms with Crippen molar-refractivity contribution in [3.63, 3.8) is 0 Å². The predicted octanol–water partition coefficient (Wildman–Crippen LogP) is 2.31. The fourth-order valence-corrected chi connectivity index (χ4v) is 2.23. The van der Waals surface area contributed by atoms with Gasteiger partial charge in [0.25, 0.3) is 5.91 Å². The number of ether oxygens (including phenoxy) is 1. The average molecular weight is 253 g/mol. The van der Waals surface area contributed by atoms with E-state index in [0.717, 1.165) is 16.9 Å². The van der Waals surface area contributed by atoms with Crippen LogP contribution < -0.4 is 10.1 Å². The molecule has 1 N–H and O–H groups in total. The van der Waals surface area contributed by atoms with Gasteiger partial charge in [-0.25, -0.2) is 0 Å². The number of benzene rings is 2. The molecular formula is C16H15NO2. The summed E-state index contributed by atoms with van der Waals surface area (Å²) >= 11 is 0. The van der Waals surface area contributed by atoms with Gasteiger partial charge in [0.1, 0.15) is 5.75 Å². The monoisotopic (exact) mass is 253 g/mol. The van der Waals surface area contributed by atoms with Gasteiger partial charge in [0, 0.05) is 13.0 Å². The Morgan fingerprint density at radius 1 is 1.11 bits per heavy atom. The third-order valence-corrected chi connectivity index (χ3v) is 3.25. The summed E-state index contributed by atoms with van der Waals surface area (Å²) in [6.07, 6.45) is 0.248. The van der Waals surface area contributed by atoms with Crippen molar-refractivity contribution < 1.29 is 9.53 Å². The molecule has 0 aliphatic carbocycles. The highest BCUT2D eigenvalue weighted by atomic mass is 16.5. The molecule has 0 saturated carbocycles. The number of amides is 1. The lowest BCUT2D eigenvalue weighted by atomic mass is 10.1. The fraction of sp³-hybridized carbons (Fsp3) is 0.188. The van der Waals surface area contributed by atoms with E-state index in [1.807, 2.05) is 54.6 Å². The lowest BCUT2D eigenvalue weighted by Crippen LogP contribution is -2.36. The van der Waals surface area contributed by atoms with E-state index in [1.165, 1.54) is 0 Å². The first kappa shape index (κ1) is 11.8. The molecule has 0 saturated heterocycles. The van der Waals surface area contributed by atoms with Crippen molar-refractivity contribution in [1.29, 1.82) is 0 Å². The zero-order valence-electron chi connectivity index (χ0n) is 10.5. The molecule has 0 fully saturated rings. The Labute approximate surface area is 112 Å². The molecule has 1 unspecified atom stereocenters. The average Bonchev–Trinajstić information content (AvgIpc) is 2.90. The van der Waals surface area contributed by atoms with E-state index in [4.69, 9.17) is 4.74 Å². The normalized spacial score (nSPS) is 16.5. The first-order chi connectivity index (χ1) is 9.33. The fourth-order valence-electron chi connectivity index (χ4n) is 2.23. The van der Waals surface area contributed by atoms with E-state index in [1.54, 1.807) is 0 Å². The largest absolute Gasteiger partial charge is 0.480 e. The van der Waals surface area contributed by atoms with Crippen LogP contribution in [0, 0.1) is 0 Å². The second-order valence-electron chi connectivity index (χ2n) is 4.62. The second kappa shape index (κ2) is 5.14. The lowest BCUT2D eigenvalue weighted by molar-refractivity contribution is -0.127. The minimum Gasteiger partial charge on any atom is -0.480 e. The number of carbonyl (C=O) groups excluding carboxylic acids is 1. The Morgan fingerprint density at radius 2 is 1.84 bits per heavy atom. The molecule has 0 aromatic heterocycles. The van der Waals surface area contributed by atoms with E-state index in [-0.39, 0.29) is 5.91 Å². The van der Waals surface area contributed by atoms with Gasteiger partial charge in [0.05, 0.1) is 0 Å². The molecular weight excluding hydrogens is 238 g/mol. The number of carbonyl (C=O) groups is 1. The number of hydrogen-bond donors (Lipinski definition) is 1. The van der Waals surface area contributed by atoms with Crippen molar-refractivity contribution in [3.8, 4) is 5.75 Å². The maximum atomic E-state index is 12.1. The summed E-state index contributed by atoms with van der Waals surface area (Å²) in [7, 11) is 0. The summed E-state index contributed by atoms with van der Waals surface area (Å²) < 4.78 is 5.65. The summed E-state index contributed by atoms with van der Waals surface area (Å²) in [5.41, 5.74) is 2.19. The molecule has 96 valence electrons. The van der Waals surface area contributed by atoms with Crippen LogP contribution in [0.4, 0.5) is 0 Å². The Kier molecular flexibility index (Phi) is 3.19. The summed E-state index contributed by atoms with van der Waals surface area (Å²) in [5.74, 6) is 0.766. The lowest BCUT2D eigenvalue weighted by Gasteiger charge is -2.11. The van der Waals surface area contributed by atoms with Crippen LogP contribution in [0.25, 0.3) is 0 Å². The zero-order valence-corrected chi connectivity index (χ0v) is 10.5. The van der Waals surface area contributed by atoms with E-state index in [9.17, 15) is 4.79 Å². The van der Waals surface area contributed by atoms with Gasteiger partial charge in [-0.05, 0) is 17.2 Å². The molecule has 2 aromatic rings. The molecule has 1 heterocycles. The number of hydrogen-bond acceptors (Lipinski definition) is 2. The van der Waals surface area contributed by atoms with Crippen molar-refractivity contribution >= 4 is 5.91 Å². The highest BCUT2D eigenvalue weighted by molar-refractivity contribution is 5.82. The molecule has 1 aliphatic heterocycles. The van der Waals surface area contributed by atoms with Gasteiger partial charge in [-0.1, -0.05) is 48.5 Å². The van der Waals surface area contributed by atoms with Crippen LogP contribution in [0.1, 0.15) is 11.1 Å². The van der Waals surface area contributed by atoms with E-state index in [2.05, 4.69) is 5.32 Å². The van der Waals surface area contributed by atoms with Crippen LogP contribution in [-0.2, 0) is 17.8 Å². The first-order valence-electron chi connectivity index (χ1n) is 6.39. The Bertz CT molecular complexity index is 555. The van der Waals surface area contributed by atoms with Crippen LogP contribution in [-0.4, -0.2) is 12.0 Å². The van der Waals surface area contributed by atoms with Crippen molar-refractivity contribution in [2.45, 2.75) is 19.1 Å². The molecule has 3 nitrogen and oxygen atoms in total. The van der Waals surface area contributed by atoms with Crippen LogP contribution in [0.15, 0.2) is 54.6 Å². The molecule has 1 atom stereocenters. The van der Waals surface area contributed by atoms with Crippen LogP contribution in [0.2, 0.25) is 0 Å². The second-order valence-corrected chi connectivity index (χ2v) is 4.62. The van der Waals surface area contributed by atoms with Crippen LogP contribution in [0.3, 0.4) is 0 Å². The maximum Gasteiger partial charge on any atom is 0.261 e. The third-order valence-electron chi connectivity index (χ3n) is 3.25. The Morgan fingerprint density at radius 3 is 2.63 bits per heavy atom. The summed E-state index contributed by atoms with van der Waals surface area (Å²) in [6, 6.07) is 17.7. The van der Waals surface area contributed by atoms with Gasteiger partial charge in [0.2, 0.25) is 0 Å². The highest BCUT2D eigenvalue weighted by Crippen LogP contribution is 2.28. The minimum absolute atomic E-state index is 0.0555. The molecule has 3 heteroatoms. The van der Waals surface area contributed by atoms with Crippen molar-refractivity contribution in [1.82, 2.24) is 5.32 Å². The molecule has 3 rings (SSSR count). The predicted molar refractivity (Wildman–Crippen MR) is 72.9 cm³/mol. The summed E-state index contributed by atoms with van der Waals surface area (Å²) in [4.78, 5) is 12.1. The summed E-state index contributed by atoms with van der Waals surface area (Å²) in [5, 5.41) is 2.91. The van der Waals surface area contributed by atoms with Gasteiger partial charge in [-0.3, -0.25) is 4.79 Å². The topological polar surface area (TPSA) is 38.3 Å². The molecule has 0 spiro atoms. The van der Waals surface area contributed by atoms with Crippen molar-refractivity contribution in [2.24, 2.45) is 0 Å². The molecule has 0 bridgehead atoms. The van der Waals surface area contributed by atoms with E-state index >= 15 is 0 Å². The molecule has 1 amide bonds. The van der Waals surface area contributed by atoms with Crippen molar-refractivity contribution in [2.75, 3.05) is 0 Å². The van der Waals surface area contributed by atoms with Gasteiger partial charge >= 0.3 is 0 Å². The Balaban J connectivity index is 1.58. The van der Waals surface area contributed by atoms with Gasteiger partial charge < -0.3 is 10.1 Å². The van der Waals surface area contributed by atoms with Crippen molar-refractivity contribution in [3.05, 3.63) is 65.7 Å². The Hall–Kier alpha value is -2.29. The SMILES string of the molecule is O=C(NCc1ccccc1)C1Cc2ccccc2O1. The first-order valence-corrected chi connectivity index (χ1v) is 6.39. The number of fused-ring (bicyclic) bond motifs is 1. The molecule has 0 radical (unpaired) electrons. The third kappa shape index (κ3) is 2.60. The smallest absolute Gasteiger partial charge is 0.261 e. The number of nitrogens with one attached hydrogen (secondary N) is 1. The quantitative estimate of drug-likeness (QED) is 0.911. The van der Waals surface area contributed by atoms with Crippen LogP contribution >= 0.6 is 0 Å². The maximum absolute atomic E-state index is 12.1.